The predicted octanol–water partition coefficient (Wildman–Crippen LogP) is 3.29. The summed E-state index contributed by atoms with van der Waals surface area (Å²) in [7, 11) is 0. The molecule has 0 unspecified atom stereocenters. The molecule has 2 aliphatic rings. The van der Waals surface area contributed by atoms with E-state index in [1.54, 1.807) is 0 Å². The van der Waals surface area contributed by atoms with Gasteiger partial charge in [0.1, 0.15) is 0 Å². The molecule has 2 aromatic rings. The quantitative estimate of drug-likeness (QED) is 0.842. The molecule has 2 aliphatic heterocycles. The highest BCUT2D eigenvalue weighted by molar-refractivity contribution is 7.08. The van der Waals surface area contributed by atoms with Gasteiger partial charge in [-0.05, 0) is 42.8 Å². The molecule has 0 bridgehead atoms. The van der Waals surface area contributed by atoms with Crippen molar-refractivity contribution in [1.29, 1.82) is 0 Å². The van der Waals surface area contributed by atoms with Gasteiger partial charge in [0.2, 0.25) is 5.91 Å². The molecule has 3 heterocycles. The van der Waals surface area contributed by atoms with Gasteiger partial charge in [-0.2, -0.15) is 11.3 Å². The standard InChI is InChI=1S/C19H20N2O2S/c1-2-21-16-6-4-3-5-15(16)19(18(21)23)8-10-20(11-9-19)17(22)14-7-12-24-13-14/h3-7,12-13H,2,8-11H2,1H3. The highest BCUT2D eigenvalue weighted by Crippen LogP contribution is 2.47. The molecule has 1 spiro atoms. The van der Waals surface area contributed by atoms with Gasteiger partial charge in [-0.15, -0.1) is 0 Å². The lowest BCUT2D eigenvalue weighted by Gasteiger charge is -2.38. The number of amides is 2. The van der Waals surface area contributed by atoms with E-state index in [-0.39, 0.29) is 11.8 Å². The molecule has 5 heteroatoms. The minimum Gasteiger partial charge on any atom is -0.339 e. The van der Waals surface area contributed by atoms with Gasteiger partial charge in [0.25, 0.3) is 5.91 Å². The maximum absolute atomic E-state index is 13.1. The highest BCUT2D eigenvalue weighted by Gasteiger charge is 2.51. The molecule has 1 fully saturated rings. The first-order valence-corrected chi connectivity index (χ1v) is 9.34. The number of carbonyl (C=O) groups excluding carboxylic acids is 2. The van der Waals surface area contributed by atoms with Crippen molar-refractivity contribution < 1.29 is 9.59 Å². The predicted molar refractivity (Wildman–Crippen MR) is 95.6 cm³/mol. The fourth-order valence-electron chi connectivity index (χ4n) is 4.05. The second kappa shape index (κ2) is 5.74. The fourth-order valence-corrected chi connectivity index (χ4v) is 4.68. The molecular formula is C19H20N2O2S. The first-order valence-electron chi connectivity index (χ1n) is 8.40. The van der Waals surface area contributed by atoms with Crippen LogP contribution in [0, 0.1) is 0 Å². The second-order valence-corrected chi connectivity index (χ2v) is 7.23. The van der Waals surface area contributed by atoms with Crippen LogP contribution in [0.2, 0.25) is 0 Å². The molecule has 0 aliphatic carbocycles. The van der Waals surface area contributed by atoms with Crippen LogP contribution >= 0.6 is 11.3 Å². The zero-order valence-electron chi connectivity index (χ0n) is 13.7. The Morgan fingerprint density at radius 1 is 1.21 bits per heavy atom. The number of likely N-dealkylation sites (tertiary alicyclic amines) is 1. The molecule has 1 aromatic carbocycles. The third kappa shape index (κ3) is 2.11. The van der Waals surface area contributed by atoms with Crippen LogP contribution in [-0.4, -0.2) is 36.3 Å². The summed E-state index contributed by atoms with van der Waals surface area (Å²) in [5, 5.41) is 3.82. The number of benzene rings is 1. The average Bonchev–Trinajstić information content (AvgIpc) is 3.23. The molecular weight excluding hydrogens is 320 g/mol. The van der Waals surface area contributed by atoms with E-state index in [1.165, 1.54) is 11.3 Å². The summed E-state index contributed by atoms with van der Waals surface area (Å²) in [6, 6.07) is 9.98. The summed E-state index contributed by atoms with van der Waals surface area (Å²) >= 11 is 1.54. The topological polar surface area (TPSA) is 40.6 Å². The minimum atomic E-state index is -0.446. The van der Waals surface area contributed by atoms with Gasteiger partial charge < -0.3 is 9.80 Å². The summed E-state index contributed by atoms with van der Waals surface area (Å²) in [4.78, 5) is 29.4. The molecule has 0 radical (unpaired) electrons. The Hall–Kier alpha value is -2.14. The van der Waals surface area contributed by atoms with E-state index in [4.69, 9.17) is 0 Å². The monoisotopic (exact) mass is 340 g/mol. The first kappa shape index (κ1) is 15.4. The first-order chi connectivity index (χ1) is 11.7. The van der Waals surface area contributed by atoms with Gasteiger partial charge in [-0.1, -0.05) is 18.2 Å². The lowest BCUT2D eigenvalue weighted by atomic mass is 9.73. The molecule has 1 aromatic heterocycles. The Labute approximate surface area is 145 Å². The van der Waals surface area contributed by atoms with Crippen LogP contribution in [0.15, 0.2) is 41.1 Å². The molecule has 4 rings (SSSR count). The molecule has 24 heavy (non-hydrogen) atoms. The van der Waals surface area contributed by atoms with E-state index in [0.29, 0.717) is 32.5 Å². The summed E-state index contributed by atoms with van der Waals surface area (Å²) in [5.74, 6) is 0.283. The average molecular weight is 340 g/mol. The van der Waals surface area contributed by atoms with E-state index in [2.05, 4.69) is 6.07 Å². The van der Waals surface area contributed by atoms with Crippen LogP contribution in [0.1, 0.15) is 35.7 Å². The van der Waals surface area contributed by atoms with E-state index in [0.717, 1.165) is 16.8 Å². The zero-order chi connectivity index (χ0) is 16.7. The van der Waals surface area contributed by atoms with Crippen molar-refractivity contribution >= 4 is 28.8 Å². The molecule has 1 saturated heterocycles. The van der Waals surface area contributed by atoms with Crippen molar-refractivity contribution in [2.45, 2.75) is 25.2 Å². The summed E-state index contributed by atoms with van der Waals surface area (Å²) in [6.07, 6.45) is 1.41. The Morgan fingerprint density at radius 3 is 2.62 bits per heavy atom. The number of rotatable bonds is 2. The summed E-state index contributed by atoms with van der Waals surface area (Å²) in [5.41, 5.74) is 2.49. The molecule has 2 amide bonds. The van der Waals surface area contributed by atoms with E-state index < -0.39 is 5.41 Å². The van der Waals surface area contributed by atoms with Crippen molar-refractivity contribution in [1.82, 2.24) is 4.90 Å². The van der Waals surface area contributed by atoms with Crippen LogP contribution in [0.4, 0.5) is 5.69 Å². The van der Waals surface area contributed by atoms with Gasteiger partial charge in [-0.25, -0.2) is 0 Å². The number of anilines is 1. The van der Waals surface area contributed by atoms with Crippen LogP contribution in [0.5, 0.6) is 0 Å². The lowest BCUT2D eigenvalue weighted by Crippen LogP contribution is -2.50. The Kier molecular flexibility index (Phi) is 3.68. The van der Waals surface area contributed by atoms with Crippen molar-refractivity contribution in [3.05, 3.63) is 52.2 Å². The third-order valence-electron chi connectivity index (χ3n) is 5.35. The number of hydrogen-bond donors (Lipinski definition) is 0. The summed E-state index contributed by atoms with van der Waals surface area (Å²) in [6.45, 7) is 3.97. The van der Waals surface area contributed by atoms with Gasteiger partial charge in [0.15, 0.2) is 0 Å². The van der Waals surface area contributed by atoms with E-state index in [1.807, 2.05) is 51.7 Å². The second-order valence-electron chi connectivity index (χ2n) is 6.45. The third-order valence-corrected chi connectivity index (χ3v) is 6.04. The smallest absolute Gasteiger partial charge is 0.254 e. The maximum atomic E-state index is 13.1. The Bertz CT molecular complexity index is 776. The number of carbonyl (C=O) groups is 2. The Balaban J connectivity index is 1.60. The maximum Gasteiger partial charge on any atom is 0.254 e. The van der Waals surface area contributed by atoms with Crippen LogP contribution in [-0.2, 0) is 10.2 Å². The number of piperidine rings is 1. The van der Waals surface area contributed by atoms with E-state index in [9.17, 15) is 9.59 Å². The number of para-hydroxylation sites is 1. The van der Waals surface area contributed by atoms with Gasteiger partial charge in [-0.3, -0.25) is 9.59 Å². The normalized spacial score (nSPS) is 19.0. The van der Waals surface area contributed by atoms with Crippen molar-refractivity contribution in [3.8, 4) is 0 Å². The number of hydrogen-bond acceptors (Lipinski definition) is 3. The molecule has 0 atom stereocenters. The molecule has 0 N–H and O–H groups in total. The fraction of sp³-hybridized carbons (Fsp3) is 0.368. The summed E-state index contributed by atoms with van der Waals surface area (Å²) < 4.78 is 0. The minimum absolute atomic E-state index is 0.0807. The number of fused-ring (bicyclic) bond motifs is 2. The molecule has 124 valence electrons. The van der Waals surface area contributed by atoms with Crippen LogP contribution < -0.4 is 4.90 Å². The number of likely N-dealkylation sites (N-methyl/N-ethyl adjacent to an activating group) is 1. The largest absolute Gasteiger partial charge is 0.339 e. The van der Waals surface area contributed by atoms with Gasteiger partial charge >= 0.3 is 0 Å². The number of thiophene rings is 1. The van der Waals surface area contributed by atoms with Gasteiger partial charge in [0.05, 0.1) is 11.0 Å². The SMILES string of the molecule is CCN1C(=O)C2(CCN(C(=O)c3ccsc3)CC2)c2ccccc21. The zero-order valence-corrected chi connectivity index (χ0v) is 14.5. The van der Waals surface area contributed by atoms with Crippen molar-refractivity contribution in [2.24, 2.45) is 0 Å². The highest BCUT2D eigenvalue weighted by atomic mass is 32.1. The molecule has 0 saturated carbocycles. The van der Waals surface area contributed by atoms with Crippen molar-refractivity contribution in [3.63, 3.8) is 0 Å². The molecule has 4 nitrogen and oxygen atoms in total. The van der Waals surface area contributed by atoms with Crippen molar-refractivity contribution in [2.75, 3.05) is 24.5 Å². The van der Waals surface area contributed by atoms with Crippen LogP contribution in [0.3, 0.4) is 0 Å². The van der Waals surface area contributed by atoms with E-state index >= 15 is 0 Å². The van der Waals surface area contributed by atoms with Crippen LogP contribution in [0.25, 0.3) is 0 Å². The Morgan fingerprint density at radius 2 is 1.96 bits per heavy atom. The lowest BCUT2D eigenvalue weighted by molar-refractivity contribution is -0.124. The number of nitrogens with zero attached hydrogens (tertiary/aromatic N) is 2. The van der Waals surface area contributed by atoms with Gasteiger partial charge in [0, 0.05) is 30.7 Å².